The molecule has 114 valence electrons. The molecule has 2 rings (SSSR count). The van der Waals surface area contributed by atoms with Crippen LogP contribution in [0.2, 0.25) is 0 Å². The summed E-state index contributed by atoms with van der Waals surface area (Å²) in [4.78, 5) is 7.78. The van der Waals surface area contributed by atoms with Crippen molar-refractivity contribution in [2.75, 3.05) is 0 Å². The van der Waals surface area contributed by atoms with E-state index in [1.807, 2.05) is 19.2 Å². The molecule has 0 aliphatic rings. The van der Waals surface area contributed by atoms with Gasteiger partial charge < -0.3 is 5.32 Å². The van der Waals surface area contributed by atoms with Gasteiger partial charge in [-0.2, -0.15) is 0 Å². The Bertz CT molecular complexity index is 668. The van der Waals surface area contributed by atoms with Crippen LogP contribution in [0.25, 0.3) is 0 Å². The Hall–Kier alpha value is -1.35. The summed E-state index contributed by atoms with van der Waals surface area (Å²) in [7, 11) is -3.50. The summed E-state index contributed by atoms with van der Waals surface area (Å²) >= 11 is 1.22. The van der Waals surface area contributed by atoms with Crippen LogP contribution in [-0.2, 0) is 23.1 Å². The van der Waals surface area contributed by atoms with Crippen molar-refractivity contribution in [2.45, 2.75) is 37.2 Å². The molecular formula is C13H18N4O2S2. The maximum Gasteiger partial charge on any atom is 0.250 e. The van der Waals surface area contributed by atoms with Crippen molar-refractivity contribution in [3.05, 3.63) is 41.3 Å². The lowest BCUT2D eigenvalue weighted by Crippen LogP contribution is -2.23. The molecule has 6 nitrogen and oxygen atoms in total. The first-order chi connectivity index (χ1) is 9.97. The maximum atomic E-state index is 12.2. The number of hydrogen-bond donors (Lipinski definition) is 2. The van der Waals surface area contributed by atoms with Gasteiger partial charge in [0.05, 0.1) is 12.2 Å². The Morgan fingerprint density at radius 2 is 2.14 bits per heavy atom. The second-order valence-corrected chi connectivity index (χ2v) is 7.74. The zero-order valence-electron chi connectivity index (χ0n) is 11.9. The fraction of sp³-hybridized carbons (Fsp3) is 0.385. The minimum absolute atomic E-state index is 0.155. The van der Waals surface area contributed by atoms with Crippen LogP contribution in [0.3, 0.4) is 0 Å². The highest BCUT2D eigenvalue weighted by Crippen LogP contribution is 2.20. The zero-order chi connectivity index (χ0) is 15.3. The Balaban J connectivity index is 1.99. The van der Waals surface area contributed by atoms with Crippen molar-refractivity contribution < 1.29 is 8.42 Å². The molecule has 0 fully saturated rings. The average molecular weight is 326 g/mol. The molecule has 0 spiro atoms. The first-order valence-electron chi connectivity index (χ1n) is 6.53. The molecule has 2 aromatic heterocycles. The summed E-state index contributed by atoms with van der Waals surface area (Å²) in [6.07, 6.45) is 2.97. The minimum atomic E-state index is -3.50. The Kier molecular flexibility index (Phi) is 5.40. The van der Waals surface area contributed by atoms with Crippen LogP contribution in [0.5, 0.6) is 0 Å². The van der Waals surface area contributed by atoms with E-state index in [1.165, 1.54) is 17.7 Å². The number of rotatable bonds is 7. The lowest BCUT2D eigenvalue weighted by Gasteiger charge is -2.05. The third-order valence-electron chi connectivity index (χ3n) is 2.70. The molecule has 0 aliphatic carbocycles. The van der Waals surface area contributed by atoms with Crippen LogP contribution < -0.4 is 10.0 Å². The molecule has 0 radical (unpaired) electrons. The second kappa shape index (κ2) is 7.08. The van der Waals surface area contributed by atoms with E-state index in [1.54, 1.807) is 18.3 Å². The minimum Gasteiger partial charge on any atom is -0.310 e. The average Bonchev–Trinajstić information content (AvgIpc) is 2.94. The molecule has 8 heteroatoms. The van der Waals surface area contributed by atoms with Crippen molar-refractivity contribution in [3.8, 4) is 0 Å². The third kappa shape index (κ3) is 4.85. The lowest BCUT2D eigenvalue weighted by atomic mass is 10.3. The van der Waals surface area contributed by atoms with Crippen LogP contribution in [0.15, 0.2) is 34.2 Å². The quantitative estimate of drug-likeness (QED) is 0.806. The normalized spacial score (nSPS) is 12.0. The summed E-state index contributed by atoms with van der Waals surface area (Å²) in [5.74, 6) is 0. The fourth-order valence-corrected chi connectivity index (χ4v) is 3.82. The molecule has 0 atom stereocenters. The molecule has 0 aromatic carbocycles. The highest BCUT2D eigenvalue weighted by atomic mass is 32.2. The van der Waals surface area contributed by atoms with Gasteiger partial charge in [0, 0.05) is 18.8 Å². The van der Waals surface area contributed by atoms with Gasteiger partial charge in [0.25, 0.3) is 0 Å². The predicted molar refractivity (Wildman–Crippen MR) is 82.4 cm³/mol. The van der Waals surface area contributed by atoms with Gasteiger partial charge >= 0.3 is 0 Å². The third-order valence-corrected chi connectivity index (χ3v) is 5.59. The van der Waals surface area contributed by atoms with Crippen LogP contribution in [0.1, 0.15) is 25.1 Å². The lowest BCUT2D eigenvalue weighted by molar-refractivity contribution is 0.581. The standard InChI is InChI=1S/C13H18N4O2S2/c1-10(2)15-6-11-5-13(20-8-11)21(18,19)17-7-12-3-4-14-9-16-12/h3-5,8-10,15,17H,6-7H2,1-2H3. The van der Waals surface area contributed by atoms with E-state index in [0.29, 0.717) is 22.5 Å². The molecule has 0 saturated carbocycles. The molecule has 2 N–H and O–H groups in total. The first kappa shape index (κ1) is 16.0. The van der Waals surface area contributed by atoms with Crippen molar-refractivity contribution in [1.29, 1.82) is 0 Å². The zero-order valence-corrected chi connectivity index (χ0v) is 13.5. The van der Waals surface area contributed by atoms with Gasteiger partial charge in [-0.15, -0.1) is 11.3 Å². The Labute approximate surface area is 128 Å². The summed E-state index contributed by atoms with van der Waals surface area (Å²) in [6, 6.07) is 3.73. The van der Waals surface area contributed by atoms with Gasteiger partial charge in [0.2, 0.25) is 10.0 Å². The largest absolute Gasteiger partial charge is 0.310 e. The molecule has 0 unspecified atom stereocenters. The van der Waals surface area contributed by atoms with E-state index in [0.717, 1.165) is 5.56 Å². The summed E-state index contributed by atoms with van der Waals surface area (Å²) in [5, 5.41) is 5.11. The number of hydrogen-bond acceptors (Lipinski definition) is 6. The predicted octanol–water partition coefficient (Wildman–Crippen LogP) is 1.51. The number of aromatic nitrogens is 2. The molecule has 0 saturated heterocycles. The van der Waals surface area contributed by atoms with E-state index in [2.05, 4.69) is 20.0 Å². The molecule has 2 aromatic rings. The second-order valence-electron chi connectivity index (χ2n) is 4.83. The summed E-state index contributed by atoms with van der Waals surface area (Å²) < 4.78 is 27.2. The van der Waals surface area contributed by atoms with Gasteiger partial charge in [0.15, 0.2) is 0 Å². The van der Waals surface area contributed by atoms with Gasteiger partial charge in [0.1, 0.15) is 10.5 Å². The highest BCUT2D eigenvalue weighted by Gasteiger charge is 2.16. The Morgan fingerprint density at radius 1 is 1.33 bits per heavy atom. The van der Waals surface area contributed by atoms with E-state index in [4.69, 9.17) is 0 Å². The highest BCUT2D eigenvalue weighted by molar-refractivity contribution is 7.91. The van der Waals surface area contributed by atoms with Gasteiger partial charge in [-0.1, -0.05) is 13.8 Å². The van der Waals surface area contributed by atoms with Crippen molar-refractivity contribution >= 4 is 21.4 Å². The van der Waals surface area contributed by atoms with Crippen LogP contribution in [0.4, 0.5) is 0 Å². The van der Waals surface area contributed by atoms with Crippen LogP contribution in [0, 0.1) is 0 Å². The molecular weight excluding hydrogens is 308 g/mol. The first-order valence-corrected chi connectivity index (χ1v) is 8.89. The molecule has 0 aliphatic heterocycles. The number of nitrogens with zero attached hydrogens (tertiary/aromatic N) is 2. The van der Waals surface area contributed by atoms with Crippen molar-refractivity contribution in [2.24, 2.45) is 0 Å². The monoisotopic (exact) mass is 326 g/mol. The SMILES string of the molecule is CC(C)NCc1csc(S(=O)(=O)NCc2ccncn2)c1. The van der Waals surface area contributed by atoms with Crippen molar-refractivity contribution in [3.63, 3.8) is 0 Å². The van der Waals surface area contributed by atoms with E-state index in [9.17, 15) is 8.42 Å². The van der Waals surface area contributed by atoms with Crippen LogP contribution in [-0.4, -0.2) is 24.4 Å². The van der Waals surface area contributed by atoms with E-state index >= 15 is 0 Å². The fourth-order valence-electron chi connectivity index (χ4n) is 1.57. The van der Waals surface area contributed by atoms with Gasteiger partial charge in [-0.3, -0.25) is 0 Å². The van der Waals surface area contributed by atoms with Crippen molar-refractivity contribution in [1.82, 2.24) is 20.0 Å². The number of thiophene rings is 1. The Morgan fingerprint density at radius 3 is 2.81 bits per heavy atom. The number of sulfonamides is 1. The smallest absolute Gasteiger partial charge is 0.250 e. The molecule has 0 bridgehead atoms. The maximum absolute atomic E-state index is 12.2. The molecule has 0 amide bonds. The van der Waals surface area contributed by atoms with Crippen LogP contribution >= 0.6 is 11.3 Å². The van der Waals surface area contributed by atoms with E-state index < -0.39 is 10.0 Å². The molecule has 2 heterocycles. The van der Waals surface area contributed by atoms with Gasteiger partial charge in [-0.05, 0) is 23.1 Å². The topological polar surface area (TPSA) is 84.0 Å². The number of nitrogens with one attached hydrogen (secondary N) is 2. The summed E-state index contributed by atoms with van der Waals surface area (Å²) in [6.45, 7) is 4.92. The molecule has 21 heavy (non-hydrogen) atoms. The summed E-state index contributed by atoms with van der Waals surface area (Å²) in [5.41, 5.74) is 1.60. The van der Waals surface area contributed by atoms with E-state index in [-0.39, 0.29) is 6.54 Å². The van der Waals surface area contributed by atoms with Gasteiger partial charge in [-0.25, -0.2) is 23.1 Å².